The predicted octanol–water partition coefficient (Wildman–Crippen LogP) is 1.82. The Kier molecular flexibility index (Phi) is 3.22. The number of likely N-dealkylation sites (tertiary alicyclic amines) is 1. The minimum absolute atomic E-state index is 0.0492. The van der Waals surface area contributed by atoms with Crippen molar-refractivity contribution in [3.05, 3.63) is 12.4 Å². The standard InChI is InChI=1S/C10H16N4O/c15-10(13-9-11-5-6-12-9)14-7-3-1-2-4-8-14/h5-6H,1-4,7-8H2,(H2,11,12,13,15). The lowest BCUT2D eigenvalue weighted by Gasteiger charge is -2.19. The summed E-state index contributed by atoms with van der Waals surface area (Å²) in [6, 6.07) is -0.0492. The molecule has 0 saturated carbocycles. The number of amides is 2. The fourth-order valence-electron chi connectivity index (χ4n) is 1.79. The van der Waals surface area contributed by atoms with Crippen LogP contribution in [0.2, 0.25) is 0 Å². The summed E-state index contributed by atoms with van der Waals surface area (Å²) in [6.45, 7) is 1.71. The third-order valence-electron chi connectivity index (χ3n) is 2.62. The van der Waals surface area contributed by atoms with Crippen LogP contribution in [0.4, 0.5) is 10.7 Å². The average molecular weight is 208 g/mol. The number of aromatic amines is 1. The fourth-order valence-corrected chi connectivity index (χ4v) is 1.79. The van der Waals surface area contributed by atoms with E-state index in [4.69, 9.17) is 0 Å². The van der Waals surface area contributed by atoms with Gasteiger partial charge in [-0.15, -0.1) is 0 Å². The Hall–Kier alpha value is -1.52. The zero-order chi connectivity index (χ0) is 10.5. The number of nitrogens with zero attached hydrogens (tertiary/aromatic N) is 2. The molecule has 2 heterocycles. The maximum absolute atomic E-state index is 11.8. The Morgan fingerprint density at radius 2 is 2.07 bits per heavy atom. The molecular formula is C10H16N4O. The molecular weight excluding hydrogens is 192 g/mol. The maximum Gasteiger partial charge on any atom is 0.324 e. The molecule has 1 aromatic rings. The van der Waals surface area contributed by atoms with Gasteiger partial charge in [0.1, 0.15) is 0 Å². The number of anilines is 1. The maximum atomic E-state index is 11.8. The minimum Gasteiger partial charge on any atom is -0.331 e. The van der Waals surface area contributed by atoms with E-state index in [9.17, 15) is 4.79 Å². The van der Waals surface area contributed by atoms with Crippen molar-refractivity contribution >= 4 is 12.0 Å². The van der Waals surface area contributed by atoms with Crippen molar-refractivity contribution in [1.82, 2.24) is 14.9 Å². The number of imidazole rings is 1. The minimum atomic E-state index is -0.0492. The number of carbonyl (C=O) groups excluding carboxylic acids is 1. The largest absolute Gasteiger partial charge is 0.331 e. The van der Waals surface area contributed by atoms with Crippen molar-refractivity contribution < 1.29 is 4.79 Å². The molecule has 0 atom stereocenters. The van der Waals surface area contributed by atoms with Crippen LogP contribution in [-0.4, -0.2) is 34.0 Å². The van der Waals surface area contributed by atoms with Gasteiger partial charge >= 0.3 is 6.03 Å². The molecule has 0 bridgehead atoms. The summed E-state index contributed by atoms with van der Waals surface area (Å²) in [4.78, 5) is 20.4. The van der Waals surface area contributed by atoms with Crippen molar-refractivity contribution in [1.29, 1.82) is 0 Å². The molecule has 2 rings (SSSR count). The fraction of sp³-hybridized carbons (Fsp3) is 0.600. The van der Waals surface area contributed by atoms with Crippen molar-refractivity contribution in [2.24, 2.45) is 0 Å². The van der Waals surface area contributed by atoms with Crippen LogP contribution in [0.5, 0.6) is 0 Å². The molecule has 2 N–H and O–H groups in total. The SMILES string of the molecule is O=C(Nc1ncc[nH]1)N1CCCCCC1. The Morgan fingerprint density at radius 1 is 1.33 bits per heavy atom. The summed E-state index contributed by atoms with van der Waals surface area (Å²) in [5.74, 6) is 0.518. The lowest BCUT2D eigenvalue weighted by atomic mass is 10.2. The highest BCUT2D eigenvalue weighted by atomic mass is 16.2. The molecule has 5 heteroatoms. The van der Waals surface area contributed by atoms with Crippen LogP contribution in [-0.2, 0) is 0 Å². The van der Waals surface area contributed by atoms with Gasteiger partial charge in [0.15, 0.2) is 0 Å². The van der Waals surface area contributed by atoms with Crippen molar-refractivity contribution in [2.75, 3.05) is 18.4 Å². The van der Waals surface area contributed by atoms with Gasteiger partial charge in [0.2, 0.25) is 5.95 Å². The molecule has 1 fully saturated rings. The van der Waals surface area contributed by atoms with Crippen molar-refractivity contribution in [2.45, 2.75) is 25.7 Å². The molecule has 0 unspecified atom stereocenters. The predicted molar refractivity (Wildman–Crippen MR) is 57.6 cm³/mol. The number of hydrogen-bond donors (Lipinski definition) is 2. The van der Waals surface area contributed by atoms with Gasteiger partial charge < -0.3 is 9.88 Å². The molecule has 2 amide bonds. The second-order valence-corrected chi connectivity index (χ2v) is 3.77. The molecule has 1 saturated heterocycles. The number of rotatable bonds is 1. The zero-order valence-electron chi connectivity index (χ0n) is 8.70. The van der Waals surface area contributed by atoms with E-state index in [2.05, 4.69) is 15.3 Å². The Labute approximate surface area is 88.9 Å². The summed E-state index contributed by atoms with van der Waals surface area (Å²) in [7, 11) is 0. The van der Waals surface area contributed by atoms with Gasteiger partial charge in [0.25, 0.3) is 0 Å². The molecule has 0 spiro atoms. The molecule has 0 aliphatic carbocycles. The monoisotopic (exact) mass is 208 g/mol. The summed E-state index contributed by atoms with van der Waals surface area (Å²) in [6.07, 6.45) is 7.97. The molecule has 82 valence electrons. The van der Waals surface area contributed by atoms with Gasteiger partial charge in [-0.2, -0.15) is 0 Å². The molecule has 5 nitrogen and oxygen atoms in total. The first-order valence-corrected chi connectivity index (χ1v) is 5.41. The number of H-pyrrole nitrogens is 1. The molecule has 1 aliphatic heterocycles. The normalized spacial score (nSPS) is 17.2. The van der Waals surface area contributed by atoms with Crippen molar-refractivity contribution in [3.8, 4) is 0 Å². The van der Waals surface area contributed by atoms with Gasteiger partial charge in [-0.3, -0.25) is 5.32 Å². The van der Waals surface area contributed by atoms with Crippen LogP contribution in [0.1, 0.15) is 25.7 Å². The van der Waals surface area contributed by atoms with Crippen LogP contribution >= 0.6 is 0 Å². The first-order chi connectivity index (χ1) is 7.36. The summed E-state index contributed by atoms with van der Waals surface area (Å²) in [5.41, 5.74) is 0. The first-order valence-electron chi connectivity index (χ1n) is 5.41. The number of nitrogens with one attached hydrogen (secondary N) is 2. The Bertz CT molecular complexity index is 301. The van der Waals surface area contributed by atoms with Crippen molar-refractivity contribution in [3.63, 3.8) is 0 Å². The van der Waals surface area contributed by atoms with Gasteiger partial charge in [-0.1, -0.05) is 12.8 Å². The molecule has 15 heavy (non-hydrogen) atoms. The number of hydrogen-bond acceptors (Lipinski definition) is 2. The lowest BCUT2D eigenvalue weighted by Crippen LogP contribution is -2.35. The second kappa shape index (κ2) is 4.82. The summed E-state index contributed by atoms with van der Waals surface area (Å²) >= 11 is 0. The highest BCUT2D eigenvalue weighted by molar-refractivity contribution is 5.87. The van der Waals surface area contributed by atoms with Gasteiger partial charge in [-0.05, 0) is 12.8 Å². The Balaban J connectivity index is 1.89. The first kappa shape index (κ1) is 10.0. The number of urea groups is 1. The molecule has 1 aromatic heterocycles. The van der Waals surface area contributed by atoms with E-state index in [1.807, 2.05) is 4.90 Å². The highest BCUT2D eigenvalue weighted by Gasteiger charge is 2.15. The van der Waals surface area contributed by atoms with Crippen LogP contribution in [0.15, 0.2) is 12.4 Å². The Morgan fingerprint density at radius 3 is 2.67 bits per heavy atom. The quantitative estimate of drug-likeness (QED) is 0.739. The number of carbonyl (C=O) groups is 1. The van der Waals surface area contributed by atoms with Gasteiger partial charge in [0, 0.05) is 25.5 Å². The van der Waals surface area contributed by atoms with E-state index in [0.717, 1.165) is 25.9 Å². The van der Waals surface area contributed by atoms with Gasteiger partial charge in [-0.25, -0.2) is 9.78 Å². The average Bonchev–Trinajstić information content (AvgIpc) is 2.58. The lowest BCUT2D eigenvalue weighted by molar-refractivity contribution is 0.213. The van der Waals surface area contributed by atoms with Gasteiger partial charge in [0.05, 0.1) is 0 Å². The molecule has 1 aliphatic rings. The van der Waals surface area contributed by atoms with Crippen LogP contribution in [0.25, 0.3) is 0 Å². The smallest absolute Gasteiger partial charge is 0.324 e. The molecule has 0 aromatic carbocycles. The highest BCUT2D eigenvalue weighted by Crippen LogP contribution is 2.10. The third-order valence-corrected chi connectivity index (χ3v) is 2.62. The van der Waals surface area contributed by atoms with Crippen LogP contribution in [0, 0.1) is 0 Å². The van der Waals surface area contributed by atoms with E-state index in [1.54, 1.807) is 12.4 Å². The molecule has 0 radical (unpaired) electrons. The topological polar surface area (TPSA) is 61.0 Å². The zero-order valence-corrected chi connectivity index (χ0v) is 8.70. The van der Waals surface area contributed by atoms with Crippen LogP contribution < -0.4 is 5.32 Å². The van der Waals surface area contributed by atoms with E-state index in [-0.39, 0.29) is 6.03 Å². The third kappa shape index (κ3) is 2.71. The van der Waals surface area contributed by atoms with E-state index < -0.39 is 0 Å². The second-order valence-electron chi connectivity index (χ2n) is 3.77. The number of aromatic nitrogens is 2. The summed E-state index contributed by atoms with van der Waals surface area (Å²) < 4.78 is 0. The van der Waals surface area contributed by atoms with E-state index in [1.165, 1.54) is 12.8 Å². The van der Waals surface area contributed by atoms with E-state index in [0.29, 0.717) is 5.95 Å². The van der Waals surface area contributed by atoms with Crippen LogP contribution in [0.3, 0.4) is 0 Å². The summed E-state index contributed by atoms with van der Waals surface area (Å²) in [5, 5.41) is 2.74. The van der Waals surface area contributed by atoms with E-state index >= 15 is 0 Å².